The van der Waals surface area contributed by atoms with Crippen molar-refractivity contribution in [2.75, 3.05) is 53.6 Å². The Morgan fingerprint density at radius 3 is 2.50 bits per heavy atom. The van der Waals surface area contributed by atoms with Crippen molar-refractivity contribution in [3.8, 4) is 0 Å². The van der Waals surface area contributed by atoms with Crippen LogP contribution in [0.5, 0.6) is 0 Å². The van der Waals surface area contributed by atoms with Gasteiger partial charge in [-0.25, -0.2) is 0 Å². The first kappa shape index (κ1) is 24.1. The predicted octanol–water partition coefficient (Wildman–Crippen LogP) is 0.763. The molecule has 1 saturated heterocycles. The summed E-state index contributed by atoms with van der Waals surface area (Å²) in [5, 5.41) is 0. The number of methoxy groups -OCH3 is 2. The van der Waals surface area contributed by atoms with Crippen LogP contribution in [0.3, 0.4) is 0 Å². The number of halogens is 2. The average Bonchev–Trinajstić information content (AvgIpc) is 2.49. The molecule has 0 saturated carbocycles. The summed E-state index contributed by atoms with van der Waals surface area (Å²) in [6.07, 6.45) is 1.24. The Kier molecular flexibility index (Phi) is 14.6. The van der Waals surface area contributed by atoms with Crippen LogP contribution in [0.1, 0.15) is 19.8 Å². The Labute approximate surface area is 146 Å². The van der Waals surface area contributed by atoms with E-state index < -0.39 is 0 Å². The SMILES string of the molecule is CCC1CN(C(=O)CC(CN)OC)CCN1CCOC.Cl.Cl. The van der Waals surface area contributed by atoms with E-state index in [1.165, 1.54) is 0 Å². The second-order valence-electron chi connectivity index (χ2n) is 5.23. The molecule has 0 radical (unpaired) electrons. The number of hydrogen-bond acceptors (Lipinski definition) is 5. The van der Waals surface area contributed by atoms with Crippen molar-refractivity contribution in [1.29, 1.82) is 0 Å². The van der Waals surface area contributed by atoms with Gasteiger partial charge >= 0.3 is 0 Å². The molecule has 8 heteroatoms. The summed E-state index contributed by atoms with van der Waals surface area (Å²) in [5.74, 6) is 0.146. The lowest BCUT2D eigenvalue weighted by Crippen LogP contribution is -2.55. The molecule has 6 nitrogen and oxygen atoms in total. The predicted molar refractivity (Wildman–Crippen MR) is 93.1 cm³/mol. The molecular weight excluding hydrogens is 329 g/mol. The fourth-order valence-electron chi connectivity index (χ4n) is 2.60. The molecule has 0 aromatic heterocycles. The number of ether oxygens (including phenoxy) is 2. The lowest BCUT2D eigenvalue weighted by Gasteiger charge is -2.41. The fourth-order valence-corrected chi connectivity index (χ4v) is 2.60. The molecule has 134 valence electrons. The average molecular weight is 360 g/mol. The lowest BCUT2D eigenvalue weighted by atomic mass is 10.1. The summed E-state index contributed by atoms with van der Waals surface area (Å²) in [4.78, 5) is 16.6. The smallest absolute Gasteiger partial charge is 0.225 e. The number of nitrogens with zero attached hydrogens (tertiary/aromatic N) is 2. The third-order valence-electron chi connectivity index (χ3n) is 4.01. The molecule has 2 N–H and O–H groups in total. The second-order valence-corrected chi connectivity index (χ2v) is 5.23. The maximum atomic E-state index is 12.3. The first-order valence-corrected chi connectivity index (χ1v) is 7.39. The van der Waals surface area contributed by atoms with Gasteiger partial charge in [0.05, 0.1) is 19.1 Å². The van der Waals surface area contributed by atoms with Gasteiger partial charge in [-0.05, 0) is 6.42 Å². The maximum absolute atomic E-state index is 12.3. The Morgan fingerprint density at radius 1 is 1.32 bits per heavy atom. The van der Waals surface area contributed by atoms with Crippen LogP contribution in [0.15, 0.2) is 0 Å². The summed E-state index contributed by atoms with van der Waals surface area (Å²) in [5.41, 5.74) is 5.57. The summed E-state index contributed by atoms with van der Waals surface area (Å²) in [6, 6.07) is 0.418. The first-order valence-electron chi connectivity index (χ1n) is 7.39. The molecule has 2 atom stereocenters. The minimum Gasteiger partial charge on any atom is -0.383 e. The zero-order valence-corrected chi connectivity index (χ0v) is 15.5. The van der Waals surface area contributed by atoms with Gasteiger partial charge in [-0.3, -0.25) is 9.69 Å². The van der Waals surface area contributed by atoms with Crippen LogP contribution < -0.4 is 5.73 Å². The Hall–Kier alpha value is -0.110. The van der Waals surface area contributed by atoms with Gasteiger partial charge in [0.25, 0.3) is 0 Å². The molecule has 1 fully saturated rings. The summed E-state index contributed by atoms with van der Waals surface area (Å²) >= 11 is 0. The van der Waals surface area contributed by atoms with Crippen LogP contribution in [0.4, 0.5) is 0 Å². The van der Waals surface area contributed by atoms with Crippen LogP contribution in [0.2, 0.25) is 0 Å². The van der Waals surface area contributed by atoms with E-state index in [-0.39, 0.29) is 36.8 Å². The summed E-state index contributed by atoms with van der Waals surface area (Å²) in [6.45, 7) is 6.70. The zero-order valence-electron chi connectivity index (χ0n) is 13.8. The topological polar surface area (TPSA) is 68.0 Å². The van der Waals surface area contributed by atoms with Crippen molar-refractivity contribution in [2.45, 2.75) is 31.9 Å². The van der Waals surface area contributed by atoms with E-state index in [0.717, 1.165) is 39.2 Å². The quantitative estimate of drug-likeness (QED) is 0.692. The normalized spacial score (nSPS) is 20.0. The molecule has 1 heterocycles. The molecule has 0 bridgehead atoms. The van der Waals surface area contributed by atoms with Crippen molar-refractivity contribution in [3.63, 3.8) is 0 Å². The highest BCUT2D eigenvalue weighted by molar-refractivity contribution is 5.85. The number of carbonyl (C=O) groups excluding carboxylic acids is 1. The molecule has 22 heavy (non-hydrogen) atoms. The van der Waals surface area contributed by atoms with E-state index in [1.54, 1.807) is 14.2 Å². The molecule has 2 unspecified atom stereocenters. The monoisotopic (exact) mass is 359 g/mol. The number of piperazine rings is 1. The van der Waals surface area contributed by atoms with Crippen molar-refractivity contribution in [1.82, 2.24) is 9.80 Å². The third kappa shape index (κ3) is 7.44. The van der Waals surface area contributed by atoms with Gasteiger partial charge in [0, 0.05) is 53.0 Å². The largest absolute Gasteiger partial charge is 0.383 e. The molecule has 0 aromatic rings. The van der Waals surface area contributed by atoms with Gasteiger partial charge in [0.2, 0.25) is 5.91 Å². The standard InChI is InChI=1S/C14H29N3O3.2ClH/c1-4-12-11-17(6-5-16(12)7-8-19-2)14(18)9-13(10-15)20-3;;/h12-13H,4-11,15H2,1-3H3;2*1H. The molecule has 1 aliphatic rings. The molecule has 0 aromatic carbocycles. The first-order chi connectivity index (χ1) is 9.65. The number of amides is 1. The van der Waals surface area contributed by atoms with Crippen molar-refractivity contribution >= 4 is 30.7 Å². The molecular formula is C14H31Cl2N3O3. The number of carbonyl (C=O) groups is 1. The van der Waals surface area contributed by atoms with Crippen LogP contribution in [-0.4, -0.2) is 81.4 Å². The van der Waals surface area contributed by atoms with E-state index in [4.69, 9.17) is 15.2 Å². The Morgan fingerprint density at radius 2 is 2.00 bits per heavy atom. The van der Waals surface area contributed by atoms with Gasteiger partial charge in [0.15, 0.2) is 0 Å². The number of rotatable bonds is 8. The van der Waals surface area contributed by atoms with Gasteiger partial charge in [-0.2, -0.15) is 0 Å². The van der Waals surface area contributed by atoms with E-state index in [9.17, 15) is 4.79 Å². The van der Waals surface area contributed by atoms with Gasteiger partial charge < -0.3 is 20.1 Å². The van der Waals surface area contributed by atoms with Crippen LogP contribution in [-0.2, 0) is 14.3 Å². The minimum atomic E-state index is -0.172. The second kappa shape index (κ2) is 13.3. The van der Waals surface area contributed by atoms with Gasteiger partial charge in [-0.1, -0.05) is 6.92 Å². The van der Waals surface area contributed by atoms with Gasteiger partial charge in [-0.15, -0.1) is 24.8 Å². The van der Waals surface area contributed by atoms with Crippen LogP contribution >= 0.6 is 24.8 Å². The summed E-state index contributed by atoms with van der Waals surface area (Å²) < 4.78 is 10.3. The highest BCUT2D eigenvalue weighted by Crippen LogP contribution is 2.14. The van der Waals surface area contributed by atoms with E-state index >= 15 is 0 Å². The zero-order chi connectivity index (χ0) is 15.0. The molecule has 0 aliphatic carbocycles. The lowest BCUT2D eigenvalue weighted by molar-refractivity contribution is -0.136. The molecule has 1 amide bonds. The molecule has 1 aliphatic heterocycles. The number of hydrogen-bond donors (Lipinski definition) is 1. The van der Waals surface area contributed by atoms with Gasteiger partial charge in [0.1, 0.15) is 0 Å². The van der Waals surface area contributed by atoms with Crippen LogP contribution in [0.25, 0.3) is 0 Å². The highest BCUT2D eigenvalue weighted by Gasteiger charge is 2.28. The van der Waals surface area contributed by atoms with E-state index in [1.807, 2.05) is 4.90 Å². The van der Waals surface area contributed by atoms with E-state index in [0.29, 0.717) is 19.0 Å². The highest BCUT2D eigenvalue weighted by atomic mass is 35.5. The Balaban J connectivity index is 0. The Bertz CT molecular complexity index is 295. The van der Waals surface area contributed by atoms with Crippen molar-refractivity contribution < 1.29 is 14.3 Å². The third-order valence-corrected chi connectivity index (χ3v) is 4.01. The molecule has 0 spiro atoms. The molecule has 1 rings (SSSR count). The van der Waals surface area contributed by atoms with Crippen molar-refractivity contribution in [3.05, 3.63) is 0 Å². The van der Waals surface area contributed by atoms with Crippen molar-refractivity contribution in [2.24, 2.45) is 5.73 Å². The van der Waals surface area contributed by atoms with Crippen LogP contribution in [0, 0.1) is 0 Å². The maximum Gasteiger partial charge on any atom is 0.225 e. The number of nitrogens with two attached hydrogens (primary N) is 1. The summed E-state index contributed by atoms with van der Waals surface area (Å²) in [7, 11) is 3.32. The fraction of sp³-hybridized carbons (Fsp3) is 0.929. The van der Waals surface area contributed by atoms with E-state index in [2.05, 4.69) is 11.8 Å². The minimum absolute atomic E-state index is 0.